The molecule has 0 unspecified atom stereocenters. The monoisotopic (exact) mass is 239 g/mol. The molecular formula is C13H18ClNO. The number of halogens is 1. The number of rotatable bonds is 3. The molecule has 0 aromatic heterocycles. The normalized spacial score (nSPS) is 17.6. The minimum Gasteiger partial charge on any atom is -0.495 e. The lowest BCUT2D eigenvalue weighted by atomic mass is 9.91. The van der Waals surface area contributed by atoms with E-state index in [4.69, 9.17) is 22.1 Å². The van der Waals surface area contributed by atoms with Crippen molar-refractivity contribution >= 4 is 11.6 Å². The van der Waals surface area contributed by atoms with Crippen molar-refractivity contribution in [2.75, 3.05) is 7.11 Å². The number of hydrogen-bond donors (Lipinski definition) is 1. The van der Waals surface area contributed by atoms with Crippen LogP contribution in [0.3, 0.4) is 0 Å². The Morgan fingerprint density at radius 2 is 2.00 bits per heavy atom. The summed E-state index contributed by atoms with van der Waals surface area (Å²) in [4.78, 5) is 0. The first kappa shape index (κ1) is 11.7. The highest BCUT2D eigenvalue weighted by Crippen LogP contribution is 2.47. The van der Waals surface area contributed by atoms with Crippen LogP contribution >= 0.6 is 11.6 Å². The number of benzene rings is 1. The molecule has 0 spiro atoms. The largest absolute Gasteiger partial charge is 0.495 e. The Kier molecular flexibility index (Phi) is 2.89. The summed E-state index contributed by atoms with van der Waals surface area (Å²) in [6.07, 6.45) is 2.10. The Balaban J connectivity index is 2.54. The smallest absolute Gasteiger partial charge is 0.137 e. The van der Waals surface area contributed by atoms with Crippen LogP contribution in [0.25, 0.3) is 0 Å². The highest BCUT2D eigenvalue weighted by Gasteiger charge is 2.42. The van der Waals surface area contributed by atoms with Crippen molar-refractivity contribution in [2.45, 2.75) is 38.1 Å². The van der Waals surface area contributed by atoms with Gasteiger partial charge in [0.2, 0.25) is 0 Å². The van der Waals surface area contributed by atoms with E-state index in [0.717, 1.165) is 18.6 Å². The van der Waals surface area contributed by atoms with E-state index in [1.165, 1.54) is 11.1 Å². The van der Waals surface area contributed by atoms with Crippen molar-refractivity contribution in [3.05, 3.63) is 28.3 Å². The minimum absolute atomic E-state index is 0.143. The summed E-state index contributed by atoms with van der Waals surface area (Å²) in [5.41, 5.74) is 8.56. The van der Waals surface area contributed by atoms with Crippen molar-refractivity contribution in [1.82, 2.24) is 0 Å². The van der Waals surface area contributed by atoms with Crippen LogP contribution in [-0.4, -0.2) is 7.11 Å². The van der Waals surface area contributed by atoms with Gasteiger partial charge in [-0.15, -0.1) is 0 Å². The summed E-state index contributed by atoms with van der Waals surface area (Å²) < 4.78 is 5.25. The Bertz CT molecular complexity index is 411. The fourth-order valence-electron chi connectivity index (χ4n) is 2.04. The second-order valence-corrected chi connectivity index (χ2v) is 5.29. The van der Waals surface area contributed by atoms with Gasteiger partial charge in [-0.05, 0) is 42.0 Å². The van der Waals surface area contributed by atoms with Crippen LogP contribution in [0.2, 0.25) is 5.02 Å². The van der Waals surface area contributed by atoms with Crippen LogP contribution in [-0.2, 0) is 5.54 Å². The zero-order valence-electron chi connectivity index (χ0n) is 10.0. The van der Waals surface area contributed by atoms with Crippen LogP contribution < -0.4 is 10.5 Å². The summed E-state index contributed by atoms with van der Waals surface area (Å²) in [6.45, 7) is 4.33. The van der Waals surface area contributed by atoms with E-state index >= 15 is 0 Å². The summed E-state index contributed by atoms with van der Waals surface area (Å²) in [7, 11) is 1.64. The maximum Gasteiger partial charge on any atom is 0.137 e. The molecule has 0 radical (unpaired) electrons. The molecule has 2 rings (SSSR count). The van der Waals surface area contributed by atoms with Crippen LogP contribution in [0, 0.1) is 0 Å². The van der Waals surface area contributed by atoms with Gasteiger partial charge < -0.3 is 10.5 Å². The molecule has 1 fully saturated rings. The predicted molar refractivity (Wildman–Crippen MR) is 67.2 cm³/mol. The van der Waals surface area contributed by atoms with Crippen molar-refractivity contribution < 1.29 is 4.74 Å². The highest BCUT2D eigenvalue weighted by atomic mass is 35.5. The molecule has 2 N–H and O–H groups in total. The lowest BCUT2D eigenvalue weighted by Crippen LogP contribution is -2.21. The maximum atomic E-state index is 6.27. The number of hydrogen-bond acceptors (Lipinski definition) is 2. The molecule has 0 atom stereocenters. The van der Waals surface area contributed by atoms with Crippen molar-refractivity contribution in [1.29, 1.82) is 0 Å². The molecule has 0 aliphatic heterocycles. The molecule has 1 aliphatic rings. The van der Waals surface area contributed by atoms with E-state index in [1.54, 1.807) is 7.11 Å². The molecule has 0 amide bonds. The second kappa shape index (κ2) is 3.94. The van der Waals surface area contributed by atoms with Gasteiger partial charge in [-0.2, -0.15) is 0 Å². The first-order valence-corrected chi connectivity index (χ1v) is 6.02. The van der Waals surface area contributed by atoms with Crippen LogP contribution in [0.4, 0.5) is 0 Å². The number of methoxy groups -OCH3 is 1. The Labute approximate surface area is 102 Å². The van der Waals surface area contributed by atoms with E-state index in [1.807, 2.05) is 12.1 Å². The number of ether oxygens (including phenoxy) is 1. The van der Waals surface area contributed by atoms with Crippen LogP contribution in [0.1, 0.15) is 43.7 Å². The zero-order chi connectivity index (χ0) is 11.9. The Morgan fingerprint density at radius 1 is 1.38 bits per heavy atom. The maximum absolute atomic E-state index is 6.27. The van der Waals surface area contributed by atoms with Crippen LogP contribution in [0.5, 0.6) is 5.75 Å². The molecular weight excluding hydrogens is 222 g/mol. The quantitative estimate of drug-likeness (QED) is 0.877. The Morgan fingerprint density at radius 3 is 2.44 bits per heavy atom. The highest BCUT2D eigenvalue weighted by molar-refractivity contribution is 6.32. The molecule has 3 heteroatoms. The van der Waals surface area contributed by atoms with E-state index in [0.29, 0.717) is 10.9 Å². The molecule has 16 heavy (non-hydrogen) atoms. The first-order valence-electron chi connectivity index (χ1n) is 5.65. The average molecular weight is 240 g/mol. The third kappa shape index (κ3) is 1.92. The third-order valence-corrected chi connectivity index (χ3v) is 3.57. The van der Waals surface area contributed by atoms with E-state index in [-0.39, 0.29) is 5.54 Å². The molecule has 0 saturated heterocycles. The van der Waals surface area contributed by atoms with Gasteiger partial charge in [-0.1, -0.05) is 25.4 Å². The molecule has 1 saturated carbocycles. The van der Waals surface area contributed by atoms with Gasteiger partial charge in [0.15, 0.2) is 0 Å². The molecule has 1 aliphatic carbocycles. The predicted octanol–water partition coefficient (Wildman–Crippen LogP) is 3.42. The van der Waals surface area contributed by atoms with E-state index in [9.17, 15) is 0 Å². The molecule has 0 bridgehead atoms. The summed E-state index contributed by atoms with van der Waals surface area (Å²) in [6, 6.07) is 4.00. The van der Waals surface area contributed by atoms with Crippen molar-refractivity contribution in [3.8, 4) is 5.75 Å². The Hall–Kier alpha value is -0.730. The first-order chi connectivity index (χ1) is 7.48. The number of nitrogens with two attached hydrogens (primary N) is 1. The second-order valence-electron chi connectivity index (χ2n) is 4.88. The zero-order valence-corrected chi connectivity index (χ0v) is 10.8. The topological polar surface area (TPSA) is 35.2 Å². The molecule has 1 aromatic rings. The van der Waals surface area contributed by atoms with Gasteiger partial charge in [0, 0.05) is 5.54 Å². The molecule has 2 nitrogen and oxygen atoms in total. The van der Waals surface area contributed by atoms with E-state index in [2.05, 4.69) is 13.8 Å². The van der Waals surface area contributed by atoms with Gasteiger partial charge in [0.1, 0.15) is 5.75 Å². The van der Waals surface area contributed by atoms with Gasteiger partial charge >= 0.3 is 0 Å². The SMILES string of the molecule is COc1cc(C(C)C)c(C2(N)CC2)cc1Cl. The third-order valence-electron chi connectivity index (χ3n) is 3.27. The summed E-state index contributed by atoms with van der Waals surface area (Å²) in [5, 5.41) is 0.652. The van der Waals surface area contributed by atoms with Gasteiger partial charge in [-0.25, -0.2) is 0 Å². The average Bonchev–Trinajstić information content (AvgIpc) is 2.97. The van der Waals surface area contributed by atoms with Gasteiger partial charge in [0.05, 0.1) is 12.1 Å². The lowest BCUT2D eigenvalue weighted by Gasteiger charge is -2.20. The van der Waals surface area contributed by atoms with Crippen molar-refractivity contribution in [3.63, 3.8) is 0 Å². The van der Waals surface area contributed by atoms with Gasteiger partial charge in [0.25, 0.3) is 0 Å². The standard InChI is InChI=1S/C13H18ClNO/c1-8(2)9-6-12(16-3)11(14)7-10(9)13(15)4-5-13/h6-8H,4-5,15H2,1-3H3. The molecule has 1 aromatic carbocycles. The van der Waals surface area contributed by atoms with Crippen molar-refractivity contribution in [2.24, 2.45) is 5.73 Å². The fraction of sp³-hybridized carbons (Fsp3) is 0.538. The van der Waals surface area contributed by atoms with Crippen LogP contribution in [0.15, 0.2) is 12.1 Å². The summed E-state index contributed by atoms with van der Waals surface area (Å²) >= 11 is 6.16. The van der Waals surface area contributed by atoms with E-state index < -0.39 is 0 Å². The van der Waals surface area contributed by atoms with Gasteiger partial charge in [-0.3, -0.25) is 0 Å². The minimum atomic E-state index is -0.143. The lowest BCUT2D eigenvalue weighted by molar-refractivity contribution is 0.413. The summed E-state index contributed by atoms with van der Waals surface area (Å²) in [5.74, 6) is 1.17. The molecule has 88 valence electrons. The molecule has 0 heterocycles. The fourth-order valence-corrected chi connectivity index (χ4v) is 2.28.